The number of aryl methyl sites for hydroxylation is 2. The molecule has 5 heteroatoms. The summed E-state index contributed by atoms with van der Waals surface area (Å²) >= 11 is 6.04. The SMILES string of the molecule is Cc1cc(OCCNC(=O)CN)cc(C)c1Cl. The number of nitrogens with one attached hydrogen (secondary N) is 1. The largest absolute Gasteiger partial charge is 0.492 e. The van der Waals surface area contributed by atoms with Crippen LogP contribution in [0.25, 0.3) is 0 Å². The summed E-state index contributed by atoms with van der Waals surface area (Å²) in [6.45, 7) is 4.71. The van der Waals surface area contributed by atoms with Crippen molar-refractivity contribution in [1.82, 2.24) is 5.32 Å². The van der Waals surface area contributed by atoms with Crippen LogP contribution in [0, 0.1) is 13.8 Å². The van der Waals surface area contributed by atoms with Gasteiger partial charge in [0.2, 0.25) is 5.91 Å². The highest BCUT2D eigenvalue weighted by molar-refractivity contribution is 6.32. The third kappa shape index (κ3) is 4.24. The average Bonchev–Trinajstić information content (AvgIpc) is 2.31. The first kappa shape index (κ1) is 13.8. The van der Waals surface area contributed by atoms with Gasteiger partial charge in [0.25, 0.3) is 0 Å². The third-order valence-electron chi connectivity index (χ3n) is 2.29. The van der Waals surface area contributed by atoms with Crippen LogP contribution in [0.4, 0.5) is 0 Å². The van der Waals surface area contributed by atoms with Crippen molar-refractivity contribution in [2.45, 2.75) is 13.8 Å². The first-order chi connectivity index (χ1) is 8.04. The molecule has 0 unspecified atom stereocenters. The first-order valence-electron chi connectivity index (χ1n) is 5.41. The van der Waals surface area contributed by atoms with Gasteiger partial charge in [-0.15, -0.1) is 0 Å². The van der Waals surface area contributed by atoms with E-state index in [9.17, 15) is 4.79 Å². The van der Waals surface area contributed by atoms with Gasteiger partial charge in [0.1, 0.15) is 12.4 Å². The minimum Gasteiger partial charge on any atom is -0.492 e. The fraction of sp³-hybridized carbons (Fsp3) is 0.417. The maximum absolute atomic E-state index is 10.9. The topological polar surface area (TPSA) is 64.3 Å². The fourth-order valence-corrected chi connectivity index (χ4v) is 1.53. The van der Waals surface area contributed by atoms with E-state index in [1.807, 2.05) is 26.0 Å². The van der Waals surface area contributed by atoms with E-state index in [0.717, 1.165) is 21.9 Å². The summed E-state index contributed by atoms with van der Waals surface area (Å²) in [7, 11) is 0. The van der Waals surface area contributed by atoms with Gasteiger partial charge < -0.3 is 15.8 Å². The number of ether oxygens (including phenoxy) is 1. The van der Waals surface area contributed by atoms with Gasteiger partial charge in [0, 0.05) is 5.02 Å². The molecule has 94 valence electrons. The maximum atomic E-state index is 10.9. The maximum Gasteiger partial charge on any atom is 0.233 e. The normalized spacial score (nSPS) is 10.1. The van der Waals surface area contributed by atoms with Crippen LogP contribution >= 0.6 is 11.6 Å². The van der Waals surface area contributed by atoms with Crippen molar-refractivity contribution in [2.24, 2.45) is 5.73 Å². The average molecular weight is 257 g/mol. The van der Waals surface area contributed by atoms with Crippen molar-refractivity contribution < 1.29 is 9.53 Å². The first-order valence-corrected chi connectivity index (χ1v) is 5.78. The Morgan fingerprint density at radius 3 is 2.53 bits per heavy atom. The van der Waals surface area contributed by atoms with Crippen molar-refractivity contribution in [3.05, 3.63) is 28.3 Å². The molecule has 0 aliphatic heterocycles. The molecular formula is C12H17ClN2O2. The lowest BCUT2D eigenvalue weighted by Crippen LogP contribution is -2.33. The van der Waals surface area contributed by atoms with Crippen molar-refractivity contribution in [1.29, 1.82) is 0 Å². The van der Waals surface area contributed by atoms with E-state index in [1.54, 1.807) is 0 Å². The van der Waals surface area contributed by atoms with Crippen molar-refractivity contribution >= 4 is 17.5 Å². The van der Waals surface area contributed by atoms with E-state index < -0.39 is 0 Å². The molecule has 0 radical (unpaired) electrons. The Bertz CT molecular complexity index is 384. The molecule has 0 heterocycles. The Labute approximate surface area is 106 Å². The lowest BCUT2D eigenvalue weighted by atomic mass is 10.1. The molecule has 0 fully saturated rings. The predicted molar refractivity (Wildman–Crippen MR) is 68.5 cm³/mol. The van der Waals surface area contributed by atoms with Crippen LogP contribution in [0.1, 0.15) is 11.1 Å². The molecule has 0 saturated heterocycles. The van der Waals surface area contributed by atoms with Gasteiger partial charge in [0.15, 0.2) is 0 Å². The number of hydrogen-bond acceptors (Lipinski definition) is 3. The zero-order valence-corrected chi connectivity index (χ0v) is 10.8. The van der Waals surface area contributed by atoms with Gasteiger partial charge >= 0.3 is 0 Å². The summed E-state index contributed by atoms with van der Waals surface area (Å²) < 4.78 is 5.50. The number of hydrogen-bond donors (Lipinski definition) is 2. The number of amides is 1. The second-order valence-corrected chi connectivity index (χ2v) is 4.15. The number of halogens is 1. The number of benzene rings is 1. The lowest BCUT2D eigenvalue weighted by Gasteiger charge is -2.10. The van der Waals surface area contributed by atoms with Gasteiger partial charge in [-0.05, 0) is 37.1 Å². The van der Waals surface area contributed by atoms with E-state index in [0.29, 0.717) is 13.2 Å². The van der Waals surface area contributed by atoms with E-state index >= 15 is 0 Å². The van der Waals surface area contributed by atoms with Crippen LogP contribution < -0.4 is 15.8 Å². The lowest BCUT2D eigenvalue weighted by molar-refractivity contribution is -0.119. The molecule has 0 spiro atoms. The van der Waals surface area contributed by atoms with E-state index in [4.69, 9.17) is 22.1 Å². The van der Waals surface area contributed by atoms with E-state index in [-0.39, 0.29) is 12.5 Å². The van der Waals surface area contributed by atoms with Crippen molar-refractivity contribution in [3.8, 4) is 5.75 Å². The minimum atomic E-state index is -0.183. The molecule has 1 rings (SSSR count). The Hall–Kier alpha value is -1.26. The molecule has 3 N–H and O–H groups in total. The van der Waals surface area contributed by atoms with Crippen molar-refractivity contribution in [2.75, 3.05) is 19.7 Å². The van der Waals surface area contributed by atoms with E-state index in [2.05, 4.69) is 5.32 Å². The molecule has 1 amide bonds. The molecule has 1 aromatic carbocycles. The van der Waals surface area contributed by atoms with Gasteiger partial charge in [-0.2, -0.15) is 0 Å². The third-order valence-corrected chi connectivity index (χ3v) is 2.88. The molecule has 17 heavy (non-hydrogen) atoms. The monoisotopic (exact) mass is 256 g/mol. The highest BCUT2D eigenvalue weighted by Gasteiger charge is 2.03. The molecular weight excluding hydrogens is 240 g/mol. The second kappa shape index (κ2) is 6.47. The second-order valence-electron chi connectivity index (χ2n) is 3.77. The summed E-state index contributed by atoms with van der Waals surface area (Å²) in [5.74, 6) is 0.573. The Morgan fingerprint density at radius 2 is 2.00 bits per heavy atom. The smallest absolute Gasteiger partial charge is 0.233 e. The Balaban J connectivity index is 2.45. The quantitative estimate of drug-likeness (QED) is 0.783. The number of nitrogens with two attached hydrogens (primary N) is 1. The molecule has 0 bridgehead atoms. The fourth-order valence-electron chi connectivity index (χ4n) is 1.42. The van der Waals surface area contributed by atoms with Crippen LogP contribution in [0.2, 0.25) is 5.02 Å². The van der Waals surface area contributed by atoms with Gasteiger partial charge in [-0.1, -0.05) is 11.6 Å². The minimum absolute atomic E-state index is 0.000832. The standard InChI is InChI=1S/C12H17ClN2O2/c1-8-5-10(6-9(2)12(8)13)17-4-3-15-11(16)7-14/h5-6H,3-4,7,14H2,1-2H3,(H,15,16). The molecule has 0 atom stereocenters. The summed E-state index contributed by atoms with van der Waals surface area (Å²) in [4.78, 5) is 10.9. The highest BCUT2D eigenvalue weighted by atomic mass is 35.5. The number of carbonyl (C=O) groups excluding carboxylic acids is 1. The van der Waals surface area contributed by atoms with Crippen LogP contribution in [0.5, 0.6) is 5.75 Å². The highest BCUT2D eigenvalue weighted by Crippen LogP contribution is 2.25. The molecule has 0 aliphatic carbocycles. The van der Waals surface area contributed by atoms with Gasteiger partial charge in [0.05, 0.1) is 13.1 Å². The summed E-state index contributed by atoms with van der Waals surface area (Å²) in [5, 5.41) is 3.39. The van der Waals surface area contributed by atoms with Crippen molar-refractivity contribution in [3.63, 3.8) is 0 Å². The summed E-state index contributed by atoms with van der Waals surface area (Å²) in [6.07, 6.45) is 0. The Kier molecular flexibility index (Phi) is 5.25. The molecule has 1 aromatic rings. The summed E-state index contributed by atoms with van der Waals surface area (Å²) in [6, 6.07) is 3.75. The summed E-state index contributed by atoms with van der Waals surface area (Å²) in [5.41, 5.74) is 7.11. The van der Waals surface area contributed by atoms with Crippen LogP contribution in [-0.2, 0) is 4.79 Å². The van der Waals surface area contributed by atoms with Crippen LogP contribution in [0.3, 0.4) is 0 Å². The molecule has 0 saturated carbocycles. The number of rotatable bonds is 5. The Morgan fingerprint density at radius 1 is 1.41 bits per heavy atom. The number of carbonyl (C=O) groups is 1. The van der Waals surface area contributed by atoms with Crippen LogP contribution in [-0.4, -0.2) is 25.6 Å². The molecule has 4 nitrogen and oxygen atoms in total. The van der Waals surface area contributed by atoms with Crippen LogP contribution in [0.15, 0.2) is 12.1 Å². The molecule has 0 aromatic heterocycles. The zero-order chi connectivity index (χ0) is 12.8. The molecule has 0 aliphatic rings. The van der Waals surface area contributed by atoms with Gasteiger partial charge in [-0.3, -0.25) is 4.79 Å². The van der Waals surface area contributed by atoms with E-state index in [1.165, 1.54) is 0 Å². The van der Waals surface area contributed by atoms with Gasteiger partial charge in [-0.25, -0.2) is 0 Å². The predicted octanol–water partition coefficient (Wildman–Crippen LogP) is 1.41. The zero-order valence-electron chi connectivity index (χ0n) is 10.0.